The van der Waals surface area contributed by atoms with Crippen LogP contribution >= 0.6 is 0 Å². The Kier molecular flexibility index (Phi) is 4.52. The summed E-state index contributed by atoms with van der Waals surface area (Å²) < 4.78 is 7.52. The molecule has 0 amide bonds. The van der Waals surface area contributed by atoms with Gasteiger partial charge in [-0.2, -0.15) is 4.57 Å². The topological polar surface area (TPSA) is 16.4 Å². The van der Waals surface area contributed by atoms with Crippen LogP contribution in [0.1, 0.15) is 11.3 Å². The molecule has 122 valence electrons. The van der Waals surface area contributed by atoms with Gasteiger partial charge < -0.3 is 9.64 Å². The number of pyridine rings is 1. The van der Waals surface area contributed by atoms with E-state index in [9.17, 15) is 0 Å². The SMILES string of the molecule is COc1ccc2ccc(/C=C/c3ccc(N(C)C)cc3)[n+](C)c2c1. The highest BCUT2D eigenvalue weighted by Gasteiger charge is 2.10. The first-order chi connectivity index (χ1) is 11.6. The highest BCUT2D eigenvalue weighted by molar-refractivity contribution is 5.78. The lowest BCUT2D eigenvalue weighted by atomic mass is 10.1. The highest BCUT2D eigenvalue weighted by atomic mass is 16.5. The number of ether oxygens (including phenoxy) is 1. The summed E-state index contributed by atoms with van der Waals surface area (Å²) in [6, 6.07) is 19.0. The van der Waals surface area contributed by atoms with E-state index < -0.39 is 0 Å². The van der Waals surface area contributed by atoms with E-state index in [0.717, 1.165) is 17.0 Å². The Balaban J connectivity index is 1.93. The lowest BCUT2D eigenvalue weighted by molar-refractivity contribution is -0.646. The maximum atomic E-state index is 5.34. The van der Waals surface area contributed by atoms with Crippen molar-refractivity contribution in [3.8, 4) is 5.75 Å². The first kappa shape index (κ1) is 16.1. The van der Waals surface area contributed by atoms with Crippen LogP contribution in [0.3, 0.4) is 0 Å². The summed E-state index contributed by atoms with van der Waals surface area (Å²) in [6.07, 6.45) is 4.28. The standard InChI is InChI=1S/C21H23N2O/c1-22(2)18-10-5-16(6-11-18)7-12-19-13-8-17-9-14-20(24-4)15-21(17)23(19)3/h5-15H,1-4H3/q+1. The van der Waals surface area contributed by atoms with E-state index in [1.165, 1.54) is 16.6 Å². The van der Waals surface area contributed by atoms with Crippen molar-refractivity contribution >= 4 is 28.7 Å². The number of rotatable bonds is 4. The van der Waals surface area contributed by atoms with Gasteiger partial charge in [-0.1, -0.05) is 12.1 Å². The summed E-state index contributed by atoms with van der Waals surface area (Å²) in [6.45, 7) is 0. The second-order valence-electron chi connectivity index (χ2n) is 6.06. The van der Waals surface area contributed by atoms with Crippen LogP contribution in [0.2, 0.25) is 0 Å². The molecule has 3 rings (SSSR count). The molecule has 0 N–H and O–H groups in total. The van der Waals surface area contributed by atoms with Crippen LogP contribution in [-0.2, 0) is 7.05 Å². The number of aryl methyl sites for hydroxylation is 1. The Morgan fingerprint density at radius 3 is 2.29 bits per heavy atom. The molecule has 0 aliphatic rings. The van der Waals surface area contributed by atoms with Gasteiger partial charge in [0, 0.05) is 37.3 Å². The Morgan fingerprint density at radius 1 is 0.917 bits per heavy atom. The maximum Gasteiger partial charge on any atom is 0.216 e. The van der Waals surface area contributed by atoms with Crippen molar-refractivity contribution in [3.63, 3.8) is 0 Å². The molecular formula is C21H23N2O+. The second-order valence-corrected chi connectivity index (χ2v) is 6.06. The zero-order chi connectivity index (χ0) is 17.1. The fraction of sp³-hybridized carbons (Fsp3) is 0.190. The molecule has 1 heterocycles. The Bertz CT molecular complexity index is 880. The van der Waals surface area contributed by atoms with Crippen LogP contribution in [-0.4, -0.2) is 21.2 Å². The summed E-state index contributed by atoms with van der Waals surface area (Å²) in [7, 11) is 7.88. The van der Waals surface area contributed by atoms with Crippen molar-refractivity contribution in [3.05, 3.63) is 65.9 Å². The average Bonchev–Trinajstić information content (AvgIpc) is 2.61. The van der Waals surface area contributed by atoms with Crippen LogP contribution in [0.4, 0.5) is 5.69 Å². The van der Waals surface area contributed by atoms with E-state index in [0.29, 0.717) is 0 Å². The van der Waals surface area contributed by atoms with E-state index in [-0.39, 0.29) is 0 Å². The minimum Gasteiger partial charge on any atom is -0.497 e. The van der Waals surface area contributed by atoms with Crippen LogP contribution in [0.25, 0.3) is 23.1 Å². The fourth-order valence-electron chi connectivity index (χ4n) is 2.74. The second kappa shape index (κ2) is 6.75. The van der Waals surface area contributed by atoms with E-state index in [4.69, 9.17) is 4.74 Å². The first-order valence-electron chi connectivity index (χ1n) is 8.01. The van der Waals surface area contributed by atoms with Gasteiger partial charge in [-0.3, -0.25) is 0 Å². The van der Waals surface area contributed by atoms with Gasteiger partial charge >= 0.3 is 0 Å². The molecule has 3 aromatic rings. The Labute approximate surface area is 143 Å². The molecule has 0 spiro atoms. The fourth-order valence-corrected chi connectivity index (χ4v) is 2.74. The van der Waals surface area contributed by atoms with Crippen molar-refractivity contribution in [2.75, 3.05) is 26.1 Å². The van der Waals surface area contributed by atoms with E-state index in [1.807, 2.05) is 20.2 Å². The lowest BCUT2D eigenvalue weighted by Gasteiger charge is -2.11. The third-order valence-electron chi connectivity index (χ3n) is 4.28. The monoisotopic (exact) mass is 319 g/mol. The molecule has 0 aliphatic carbocycles. The molecule has 0 unspecified atom stereocenters. The number of methoxy groups -OCH3 is 1. The summed E-state index contributed by atoms with van der Waals surface area (Å²) in [5.41, 5.74) is 4.69. The van der Waals surface area contributed by atoms with Gasteiger partial charge in [0.1, 0.15) is 12.8 Å². The molecule has 2 aromatic carbocycles. The number of hydrogen-bond donors (Lipinski definition) is 0. The number of aromatic nitrogens is 1. The zero-order valence-electron chi connectivity index (χ0n) is 14.7. The third kappa shape index (κ3) is 3.25. The molecule has 3 heteroatoms. The van der Waals surface area contributed by atoms with Gasteiger partial charge in [-0.15, -0.1) is 0 Å². The van der Waals surface area contributed by atoms with E-state index in [2.05, 4.69) is 77.2 Å². The molecule has 1 aromatic heterocycles. The minimum absolute atomic E-state index is 0.874. The third-order valence-corrected chi connectivity index (χ3v) is 4.28. The molecule has 3 nitrogen and oxygen atoms in total. The number of anilines is 1. The molecule has 24 heavy (non-hydrogen) atoms. The quantitative estimate of drug-likeness (QED) is 0.678. The smallest absolute Gasteiger partial charge is 0.216 e. The average molecular weight is 319 g/mol. The summed E-state index contributed by atoms with van der Waals surface area (Å²) in [4.78, 5) is 2.10. The predicted octanol–water partition coefficient (Wildman–Crippen LogP) is 3.91. The van der Waals surface area contributed by atoms with Gasteiger partial charge in [-0.05, 0) is 42.0 Å². The number of nitrogens with zero attached hydrogens (tertiary/aromatic N) is 2. The zero-order valence-corrected chi connectivity index (χ0v) is 14.7. The molecule has 0 bridgehead atoms. The molecular weight excluding hydrogens is 296 g/mol. The normalized spacial score (nSPS) is 11.2. The molecule has 0 atom stereocenters. The predicted molar refractivity (Wildman–Crippen MR) is 101 cm³/mol. The Morgan fingerprint density at radius 2 is 1.62 bits per heavy atom. The highest BCUT2D eigenvalue weighted by Crippen LogP contribution is 2.19. The van der Waals surface area contributed by atoms with Crippen LogP contribution < -0.4 is 14.2 Å². The molecule has 0 saturated heterocycles. The number of hydrogen-bond acceptors (Lipinski definition) is 2. The van der Waals surface area contributed by atoms with Gasteiger partial charge in [0.2, 0.25) is 11.2 Å². The van der Waals surface area contributed by atoms with Crippen LogP contribution in [0, 0.1) is 0 Å². The molecule has 0 fully saturated rings. The van der Waals surface area contributed by atoms with Crippen molar-refractivity contribution in [2.45, 2.75) is 0 Å². The van der Waals surface area contributed by atoms with Gasteiger partial charge in [0.15, 0.2) is 0 Å². The number of fused-ring (bicyclic) bond motifs is 1. The van der Waals surface area contributed by atoms with Crippen molar-refractivity contribution in [1.82, 2.24) is 0 Å². The molecule has 0 saturated carbocycles. The maximum absolute atomic E-state index is 5.34. The van der Waals surface area contributed by atoms with Gasteiger partial charge in [0.25, 0.3) is 0 Å². The van der Waals surface area contributed by atoms with Crippen molar-refractivity contribution in [2.24, 2.45) is 7.05 Å². The molecule has 0 aliphatic heterocycles. The van der Waals surface area contributed by atoms with Gasteiger partial charge in [0.05, 0.1) is 13.2 Å². The van der Waals surface area contributed by atoms with Crippen LogP contribution in [0.5, 0.6) is 5.75 Å². The first-order valence-corrected chi connectivity index (χ1v) is 8.01. The number of benzene rings is 2. The van der Waals surface area contributed by atoms with Crippen molar-refractivity contribution < 1.29 is 9.30 Å². The minimum atomic E-state index is 0.874. The lowest BCUT2D eigenvalue weighted by Crippen LogP contribution is -2.32. The van der Waals surface area contributed by atoms with Crippen molar-refractivity contribution in [1.29, 1.82) is 0 Å². The Hall–Kier alpha value is -2.81. The van der Waals surface area contributed by atoms with E-state index >= 15 is 0 Å². The largest absolute Gasteiger partial charge is 0.497 e. The summed E-state index contributed by atoms with van der Waals surface area (Å²) >= 11 is 0. The molecule has 0 radical (unpaired) electrons. The summed E-state index contributed by atoms with van der Waals surface area (Å²) in [5, 5.41) is 1.20. The van der Waals surface area contributed by atoms with E-state index in [1.54, 1.807) is 7.11 Å². The summed E-state index contributed by atoms with van der Waals surface area (Å²) in [5.74, 6) is 0.874. The van der Waals surface area contributed by atoms with Gasteiger partial charge in [-0.25, -0.2) is 0 Å². The van der Waals surface area contributed by atoms with Crippen LogP contribution in [0.15, 0.2) is 54.6 Å².